The summed E-state index contributed by atoms with van der Waals surface area (Å²) in [6.45, 7) is 5.04. The van der Waals surface area contributed by atoms with E-state index in [1.807, 2.05) is 19.9 Å². The number of anilines is 1. The van der Waals surface area contributed by atoms with E-state index in [0.29, 0.717) is 25.4 Å². The Balaban J connectivity index is 2.75. The van der Waals surface area contributed by atoms with Gasteiger partial charge < -0.3 is 10.6 Å². The van der Waals surface area contributed by atoms with Gasteiger partial charge in [0.1, 0.15) is 0 Å². The second kappa shape index (κ2) is 6.15. The first kappa shape index (κ1) is 13.4. The standard InChI is InChI=1S/C10H15N5OS/c1-7(2)6-15(5-3-4-11)9(16)8-13-14-10(12)17-8/h7H,3,5-6H2,1-2H3,(H2,12,14). The number of amides is 1. The predicted octanol–water partition coefficient (Wildman–Crippen LogP) is 1.13. The fraction of sp³-hybridized carbons (Fsp3) is 0.600. The van der Waals surface area contributed by atoms with Crippen molar-refractivity contribution >= 4 is 22.4 Å². The van der Waals surface area contributed by atoms with Crippen molar-refractivity contribution in [2.75, 3.05) is 18.8 Å². The molecule has 2 N–H and O–H groups in total. The molecule has 7 heteroatoms. The van der Waals surface area contributed by atoms with E-state index in [1.54, 1.807) is 4.90 Å². The van der Waals surface area contributed by atoms with Crippen LogP contribution in [-0.2, 0) is 0 Å². The summed E-state index contributed by atoms with van der Waals surface area (Å²) in [5.41, 5.74) is 5.44. The lowest BCUT2D eigenvalue weighted by atomic mass is 10.2. The lowest BCUT2D eigenvalue weighted by Crippen LogP contribution is -2.35. The van der Waals surface area contributed by atoms with Gasteiger partial charge >= 0.3 is 0 Å². The molecule has 17 heavy (non-hydrogen) atoms. The zero-order chi connectivity index (χ0) is 12.8. The quantitative estimate of drug-likeness (QED) is 0.848. The normalized spacial score (nSPS) is 10.2. The number of nitrogens with two attached hydrogens (primary N) is 1. The van der Waals surface area contributed by atoms with Gasteiger partial charge in [0.15, 0.2) is 0 Å². The summed E-state index contributed by atoms with van der Waals surface area (Å²) in [7, 11) is 0. The van der Waals surface area contributed by atoms with Crippen molar-refractivity contribution in [1.82, 2.24) is 15.1 Å². The highest BCUT2D eigenvalue weighted by Crippen LogP contribution is 2.14. The van der Waals surface area contributed by atoms with Crippen LogP contribution in [0.5, 0.6) is 0 Å². The molecule has 0 fully saturated rings. The molecule has 1 heterocycles. The molecule has 0 unspecified atom stereocenters. The van der Waals surface area contributed by atoms with E-state index >= 15 is 0 Å². The van der Waals surface area contributed by atoms with Crippen molar-refractivity contribution < 1.29 is 4.79 Å². The smallest absolute Gasteiger partial charge is 0.284 e. The van der Waals surface area contributed by atoms with Crippen LogP contribution in [0.15, 0.2) is 0 Å². The van der Waals surface area contributed by atoms with Crippen molar-refractivity contribution in [3.8, 4) is 6.07 Å². The minimum Gasteiger partial charge on any atom is -0.374 e. The second-order valence-electron chi connectivity index (χ2n) is 4.00. The summed E-state index contributed by atoms with van der Waals surface area (Å²) in [6.07, 6.45) is 0.312. The molecule has 0 aromatic carbocycles. The maximum absolute atomic E-state index is 12.1. The van der Waals surface area contributed by atoms with Gasteiger partial charge in [-0.1, -0.05) is 25.2 Å². The zero-order valence-corrected chi connectivity index (χ0v) is 10.7. The Morgan fingerprint density at radius 2 is 2.29 bits per heavy atom. The molecule has 0 spiro atoms. The van der Waals surface area contributed by atoms with Gasteiger partial charge in [-0.15, -0.1) is 10.2 Å². The number of hydrogen-bond donors (Lipinski definition) is 1. The Morgan fingerprint density at radius 3 is 2.76 bits per heavy atom. The molecule has 92 valence electrons. The molecule has 0 aliphatic carbocycles. The number of carbonyl (C=O) groups is 1. The second-order valence-corrected chi connectivity index (χ2v) is 5.01. The molecule has 0 radical (unpaired) electrons. The minimum atomic E-state index is -0.205. The Bertz CT molecular complexity index is 423. The van der Waals surface area contributed by atoms with E-state index in [9.17, 15) is 4.79 Å². The van der Waals surface area contributed by atoms with Crippen LogP contribution in [0.2, 0.25) is 0 Å². The van der Waals surface area contributed by atoms with Crippen LogP contribution in [0.25, 0.3) is 0 Å². The largest absolute Gasteiger partial charge is 0.374 e. The number of nitrogens with zero attached hydrogens (tertiary/aromatic N) is 4. The van der Waals surface area contributed by atoms with Crippen LogP contribution in [0, 0.1) is 17.2 Å². The van der Waals surface area contributed by atoms with Crippen LogP contribution < -0.4 is 5.73 Å². The first-order chi connectivity index (χ1) is 8.04. The van der Waals surface area contributed by atoms with Gasteiger partial charge in [-0.3, -0.25) is 4.79 Å². The van der Waals surface area contributed by atoms with Crippen molar-refractivity contribution in [3.63, 3.8) is 0 Å². The molecule has 0 aliphatic heterocycles. The maximum Gasteiger partial charge on any atom is 0.284 e. The minimum absolute atomic E-state index is 0.205. The third-order valence-electron chi connectivity index (χ3n) is 1.99. The van der Waals surface area contributed by atoms with Gasteiger partial charge in [0.25, 0.3) is 5.91 Å². The lowest BCUT2D eigenvalue weighted by Gasteiger charge is -2.22. The third kappa shape index (κ3) is 4.00. The van der Waals surface area contributed by atoms with E-state index in [-0.39, 0.29) is 16.0 Å². The zero-order valence-electron chi connectivity index (χ0n) is 9.88. The highest BCUT2D eigenvalue weighted by molar-refractivity contribution is 7.16. The van der Waals surface area contributed by atoms with E-state index < -0.39 is 0 Å². The first-order valence-electron chi connectivity index (χ1n) is 5.29. The highest BCUT2D eigenvalue weighted by atomic mass is 32.1. The molecule has 1 rings (SSSR count). The van der Waals surface area contributed by atoms with Crippen LogP contribution >= 0.6 is 11.3 Å². The monoisotopic (exact) mass is 253 g/mol. The summed E-state index contributed by atoms with van der Waals surface area (Å²) in [6, 6.07) is 2.03. The van der Waals surface area contributed by atoms with E-state index in [1.165, 1.54) is 0 Å². The molecule has 0 saturated carbocycles. The van der Waals surface area contributed by atoms with Crippen LogP contribution in [0.3, 0.4) is 0 Å². The number of carbonyl (C=O) groups excluding carboxylic acids is 1. The molecule has 1 aromatic rings. The third-order valence-corrected chi connectivity index (χ3v) is 2.73. The molecule has 0 atom stereocenters. The number of hydrogen-bond acceptors (Lipinski definition) is 6. The Hall–Kier alpha value is -1.68. The van der Waals surface area contributed by atoms with Crippen LogP contribution in [0.1, 0.15) is 30.1 Å². The number of aromatic nitrogens is 2. The van der Waals surface area contributed by atoms with Crippen molar-refractivity contribution in [2.24, 2.45) is 5.92 Å². The van der Waals surface area contributed by atoms with Gasteiger partial charge in [-0.2, -0.15) is 5.26 Å². The fourth-order valence-corrected chi connectivity index (χ4v) is 1.94. The topological polar surface area (TPSA) is 95.9 Å². The van der Waals surface area contributed by atoms with E-state index in [4.69, 9.17) is 11.0 Å². The summed E-state index contributed by atoms with van der Waals surface area (Å²) in [4.78, 5) is 13.7. The Kier molecular flexibility index (Phi) is 4.84. The Labute approximate surface area is 104 Å². The van der Waals surface area contributed by atoms with E-state index in [0.717, 1.165) is 11.3 Å². The predicted molar refractivity (Wildman–Crippen MR) is 65.3 cm³/mol. The first-order valence-corrected chi connectivity index (χ1v) is 6.11. The van der Waals surface area contributed by atoms with Crippen molar-refractivity contribution in [2.45, 2.75) is 20.3 Å². The van der Waals surface area contributed by atoms with Crippen LogP contribution in [-0.4, -0.2) is 34.1 Å². The van der Waals surface area contributed by atoms with Crippen LogP contribution in [0.4, 0.5) is 5.13 Å². The molecular weight excluding hydrogens is 238 g/mol. The Morgan fingerprint density at radius 1 is 1.59 bits per heavy atom. The SMILES string of the molecule is CC(C)CN(CCC#N)C(=O)c1nnc(N)s1. The number of rotatable bonds is 5. The molecule has 1 aromatic heterocycles. The van der Waals surface area contributed by atoms with Gasteiger partial charge in [-0.05, 0) is 5.92 Å². The van der Waals surface area contributed by atoms with E-state index in [2.05, 4.69) is 10.2 Å². The summed E-state index contributed by atoms with van der Waals surface area (Å²) >= 11 is 1.07. The van der Waals surface area contributed by atoms with Gasteiger partial charge in [-0.25, -0.2) is 0 Å². The highest BCUT2D eigenvalue weighted by Gasteiger charge is 2.20. The summed E-state index contributed by atoms with van der Waals surface area (Å²) in [5.74, 6) is 0.131. The van der Waals surface area contributed by atoms with Gasteiger partial charge in [0.05, 0.1) is 12.5 Å². The van der Waals surface area contributed by atoms with Crippen molar-refractivity contribution in [3.05, 3.63) is 5.01 Å². The molecule has 6 nitrogen and oxygen atoms in total. The number of nitriles is 1. The summed E-state index contributed by atoms with van der Waals surface area (Å²) < 4.78 is 0. The summed E-state index contributed by atoms with van der Waals surface area (Å²) in [5, 5.41) is 16.5. The maximum atomic E-state index is 12.1. The molecule has 1 amide bonds. The molecule has 0 bridgehead atoms. The molecule has 0 saturated heterocycles. The molecule has 0 aliphatic rings. The lowest BCUT2D eigenvalue weighted by molar-refractivity contribution is 0.0738. The average Bonchev–Trinajstić information content (AvgIpc) is 2.69. The van der Waals surface area contributed by atoms with Gasteiger partial charge in [0.2, 0.25) is 10.1 Å². The number of nitrogen functional groups attached to an aromatic ring is 1. The average molecular weight is 253 g/mol. The van der Waals surface area contributed by atoms with Crippen molar-refractivity contribution in [1.29, 1.82) is 5.26 Å². The fourth-order valence-electron chi connectivity index (χ4n) is 1.36. The molecular formula is C10H15N5OS. The van der Waals surface area contributed by atoms with Gasteiger partial charge in [0, 0.05) is 13.1 Å².